The quantitative estimate of drug-likeness (QED) is 0.461. The van der Waals surface area contributed by atoms with Gasteiger partial charge in [-0.1, -0.05) is 11.6 Å². The number of hydrogen-bond acceptors (Lipinski definition) is 9. The van der Waals surface area contributed by atoms with Crippen molar-refractivity contribution >= 4 is 33.2 Å². The minimum Gasteiger partial charge on any atom is -0.497 e. The molecule has 8 nitrogen and oxygen atoms in total. The number of hydrogen-bond donors (Lipinski definition) is 4. The molecule has 1 aliphatic rings. The highest BCUT2D eigenvalue weighted by Gasteiger charge is 2.45. The molecule has 1 fully saturated rings. The number of aromatic nitrogens is 1. The van der Waals surface area contributed by atoms with Gasteiger partial charge < -0.3 is 34.6 Å². The zero-order valence-corrected chi connectivity index (χ0v) is 17.4. The van der Waals surface area contributed by atoms with E-state index in [-0.39, 0.29) is 0 Å². The maximum Gasteiger partial charge on any atom is 0.229 e. The fourth-order valence-electron chi connectivity index (χ4n) is 3.21. The summed E-state index contributed by atoms with van der Waals surface area (Å²) in [4.78, 5) is 4.62. The lowest BCUT2D eigenvalue weighted by Gasteiger charge is -2.39. The Bertz CT molecular complexity index is 1040. The Balaban J connectivity index is 1.71. The summed E-state index contributed by atoms with van der Waals surface area (Å²) in [6.07, 6.45) is -6.90. The zero-order chi connectivity index (χ0) is 21.4. The van der Waals surface area contributed by atoms with Gasteiger partial charge in [0.1, 0.15) is 40.9 Å². The number of rotatable bonds is 5. The van der Waals surface area contributed by atoms with Gasteiger partial charge in [0.2, 0.25) is 6.29 Å². The molecule has 10 heteroatoms. The molecule has 1 aliphatic heterocycles. The standard InChI is InChI=1S/C20H20ClNO7S/c1-27-10-3-4-13(28-20-18(26)17(25)16(24)14(8-23)29-20)11(7-10)19-22-12-6-9(21)2-5-15(12)30-19/h2-7,14,16-18,20,23-26H,8H2,1H3/t14-,16+,17+,18-,20-/m1/s1. The number of aliphatic hydroxyl groups is 4. The Morgan fingerprint density at radius 1 is 1.10 bits per heavy atom. The highest BCUT2D eigenvalue weighted by molar-refractivity contribution is 7.21. The highest BCUT2D eigenvalue weighted by atomic mass is 35.5. The number of ether oxygens (including phenoxy) is 3. The van der Waals surface area contributed by atoms with Crippen LogP contribution in [0, 0.1) is 0 Å². The molecule has 4 rings (SSSR count). The number of aliphatic hydroxyl groups excluding tert-OH is 4. The van der Waals surface area contributed by atoms with E-state index in [2.05, 4.69) is 4.98 Å². The van der Waals surface area contributed by atoms with E-state index in [1.54, 1.807) is 30.3 Å². The van der Waals surface area contributed by atoms with Crippen molar-refractivity contribution in [2.24, 2.45) is 0 Å². The van der Waals surface area contributed by atoms with Crippen LogP contribution in [0.5, 0.6) is 11.5 Å². The lowest BCUT2D eigenvalue weighted by atomic mass is 9.99. The summed E-state index contributed by atoms with van der Waals surface area (Å²) in [7, 11) is 1.54. The van der Waals surface area contributed by atoms with Gasteiger partial charge >= 0.3 is 0 Å². The largest absolute Gasteiger partial charge is 0.497 e. The normalized spacial score (nSPS) is 26.7. The lowest BCUT2D eigenvalue weighted by Crippen LogP contribution is -2.60. The van der Waals surface area contributed by atoms with Crippen LogP contribution in [-0.4, -0.2) is 69.8 Å². The molecule has 30 heavy (non-hydrogen) atoms. The van der Waals surface area contributed by atoms with E-state index in [4.69, 9.17) is 25.8 Å². The van der Waals surface area contributed by atoms with Gasteiger partial charge in [-0.3, -0.25) is 0 Å². The maximum absolute atomic E-state index is 10.3. The molecule has 1 saturated heterocycles. The zero-order valence-electron chi connectivity index (χ0n) is 15.8. The summed E-state index contributed by atoms with van der Waals surface area (Å²) in [5.41, 5.74) is 1.31. The molecular formula is C20H20ClNO7S. The highest BCUT2D eigenvalue weighted by Crippen LogP contribution is 2.39. The molecule has 2 heterocycles. The van der Waals surface area contributed by atoms with Crippen molar-refractivity contribution in [2.45, 2.75) is 30.7 Å². The number of thiazole rings is 1. The molecule has 0 spiro atoms. The van der Waals surface area contributed by atoms with E-state index in [0.29, 0.717) is 27.1 Å². The molecule has 2 aromatic carbocycles. The van der Waals surface area contributed by atoms with Crippen LogP contribution in [0.15, 0.2) is 36.4 Å². The number of benzene rings is 2. The van der Waals surface area contributed by atoms with Crippen molar-refractivity contribution in [2.75, 3.05) is 13.7 Å². The third-order valence-corrected chi connectivity index (χ3v) is 6.16. The minimum absolute atomic E-state index is 0.324. The number of nitrogens with zero attached hydrogens (tertiary/aromatic N) is 1. The fourth-order valence-corrected chi connectivity index (χ4v) is 4.34. The molecule has 0 amide bonds. The summed E-state index contributed by atoms with van der Waals surface area (Å²) in [6, 6.07) is 10.5. The van der Waals surface area contributed by atoms with E-state index < -0.39 is 37.3 Å². The van der Waals surface area contributed by atoms with Gasteiger partial charge in [-0.25, -0.2) is 4.98 Å². The van der Waals surface area contributed by atoms with Gasteiger partial charge in [0.15, 0.2) is 0 Å². The Morgan fingerprint density at radius 3 is 2.63 bits per heavy atom. The summed E-state index contributed by atoms with van der Waals surface area (Å²) in [5, 5.41) is 40.9. The van der Waals surface area contributed by atoms with Gasteiger partial charge in [0, 0.05) is 5.02 Å². The summed E-state index contributed by atoms with van der Waals surface area (Å²) in [6.45, 7) is -0.543. The van der Waals surface area contributed by atoms with E-state index in [0.717, 1.165) is 10.2 Å². The van der Waals surface area contributed by atoms with E-state index in [1.165, 1.54) is 18.4 Å². The Kier molecular flexibility index (Phi) is 6.12. The van der Waals surface area contributed by atoms with Crippen LogP contribution < -0.4 is 9.47 Å². The average Bonchev–Trinajstić information content (AvgIpc) is 3.17. The molecule has 4 N–H and O–H groups in total. The molecule has 0 radical (unpaired) electrons. The Morgan fingerprint density at radius 2 is 1.90 bits per heavy atom. The first kappa shape index (κ1) is 21.3. The van der Waals surface area contributed by atoms with Crippen LogP contribution in [0.4, 0.5) is 0 Å². The molecule has 5 atom stereocenters. The number of fused-ring (bicyclic) bond motifs is 1. The Labute approximate surface area is 180 Å². The van der Waals surface area contributed by atoms with Crippen LogP contribution in [0.1, 0.15) is 0 Å². The van der Waals surface area contributed by atoms with Gasteiger partial charge in [-0.15, -0.1) is 11.3 Å². The van der Waals surface area contributed by atoms with Crippen LogP contribution >= 0.6 is 22.9 Å². The van der Waals surface area contributed by atoms with Crippen molar-refractivity contribution in [3.05, 3.63) is 41.4 Å². The average molecular weight is 454 g/mol. The van der Waals surface area contributed by atoms with Crippen molar-refractivity contribution in [1.29, 1.82) is 0 Å². The predicted molar refractivity (Wildman–Crippen MR) is 111 cm³/mol. The monoisotopic (exact) mass is 453 g/mol. The topological polar surface area (TPSA) is 122 Å². The van der Waals surface area contributed by atoms with Crippen LogP contribution in [0.3, 0.4) is 0 Å². The summed E-state index contributed by atoms with van der Waals surface area (Å²) >= 11 is 7.48. The SMILES string of the molecule is COc1ccc(O[C@@H]2O[C@H](CO)[C@H](O)[C@H](O)[C@H]2O)c(-c2nc3cc(Cl)ccc3s2)c1. The lowest BCUT2D eigenvalue weighted by molar-refractivity contribution is -0.277. The number of halogens is 1. The molecule has 160 valence electrons. The van der Waals surface area contributed by atoms with Gasteiger partial charge in [-0.2, -0.15) is 0 Å². The molecule has 0 aliphatic carbocycles. The Hall–Kier alpha value is -1.98. The molecule has 0 unspecified atom stereocenters. The van der Waals surface area contributed by atoms with E-state index in [1.807, 2.05) is 6.07 Å². The molecule has 3 aromatic rings. The first-order valence-electron chi connectivity index (χ1n) is 9.13. The van der Waals surface area contributed by atoms with Gasteiger partial charge in [-0.05, 0) is 36.4 Å². The predicted octanol–water partition coefficient (Wildman–Crippen LogP) is 1.80. The minimum atomic E-state index is -1.54. The van der Waals surface area contributed by atoms with Crippen LogP contribution in [-0.2, 0) is 4.74 Å². The fraction of sp³-hybridized carbons (Fsp3) is 0.350. The third kappa shape index (κ3) is 3.97. The van der Waals surface area contributed by atoms with Crippen molar-refractivity contribution < 1.29 is 34.6 Å². The van der Waals surface area contributed by atoms with Gasteiger partial charge in [0.25, 0.3) is 0 Å². The second-order valence-corrected chi connectivity index (χ2v) is 8.28. The van der Waals surface area contributed by atoms with Crippen LogP contribution in [0.25, 0.3) is 20.8 Å². The smallest absolute Gasteiger partial charge is 0.229 e. The van der Waals surface area contributed by atoms with E-state index in [9.17, 15) is 20.4 Å². The van der Waals surface area contributed by atoms with Crippen molar-refractivity contribution in [3.63, 3.8) is 0 Å². The second kappa shape index (κ2) is 8.64. The van der Waals surface area contributed by atoms with Crippen LogP contribution in [0.2, 0.25) is 5.02 Å². The first-order valence-corrected chi connectivity index (χ1v) is 10.3. The number of methoxy groups -OCH3 is 1. The second-order valence-electron chi connectivity index (χ2n) is 6.81. The molecule has 1 aromatic heterocycles. The molecule has 0 bridgehead atoms. The van der Waals surface area contributed by atoms with E-state index >= 15 is 0 Å². The first-order chi connectivity index (χ1) is 14.4. The molecular weight excluding hydrogens is 434 g/mol. The molecule has 0 saturated carbocycles. The van der Waals surface area contributed by atoms with Crippen molar-refractivity contribution in [3.8, 4) is 22.1 Å². The van der Waals surface area contributed by atoms with Crippen molar-refractivity contribution in [1.82, 2.24) is 4.98 Å². The maximum atomic E-state index is 10.3. The third-order valence-electron chi connectivity index (χ3n) is 4.86. The van der Waals surface area contributed by atoms with Gasteiger partial charge in [0.05, 0.1) is 29.5 Å². The summed E-state index contributed by atoms with van der Waals surface area (Å²) in [5.74, 6) is 0.897. The summed E-state index contributed by atoms with van der Waals surface area (Å²) < 4.78 is 17.6.